The van der Waals surface area contributed by atoms with Crippen LogP contribution in [0.4, 0.5) is 5.69 Å². The van der Waals surface area contributed by atoms with E-state index in [4.69, 9.17) is 38.7 Å². The molecule has 2 aromatic rings. The van der Waals surface area contributed by atoms with Crippen LogP contribution in [0.5, 0.6) is 0 Å². The maximum Gasteiger partial charge on any atom is 0.328 e. The molecular formula is C23H35Cl2N5O3. The van der Waals surface area contributed by atoms with Crippen molar-refractivity contribution >= 4 is 51.8 Å². The third kappa shape index (κ3) is 7.48. The Morgan fingerprint density at radius 2 is 1.91 bits per heavy atom. The van der Waals surface area contributed by atoms with Gasteiger partial charge in [0.2, 0.25) is 5.91 Å². The SMILES string of the molecule is CCOC(=O)C(CC(C)C)NC(=O)C(N)Cc1nc2cc(N(CCCl)CCCl)ccc2n1C. The Balaban J connectivity index is 2.17. The molecule has 0 aliphatic carbocycles. The van der Waals surface area contributed by atoms with E-state index in [1.807, 2.05) is 43.7 Å². The summed E-state index contributed by atoms with van der Waals surface area (Å²) in [5.74, 6) is 1.04. The highest BCUT2D eigenvalue weighted by Crippen LogP contribution is 2.23. The minimum atomic E-state index is -0.854. The van der Waals surface area contributed by atoms with Crippen LogP contribution in [0.25, 0.3) is 11.0 Å². The summed E-state index contributed by atoms with van der Waals surface area (Å²) in [6.45, 7) is 7.32. The fourth-order valence-electron chi connectivity index (χ4n) is 3.69. The quantitative estimate of drug-likeness (QED) is 0.324. The molecule has 0 aliphatic heterocycles. The van der Waals surface area contributed by atoms with Crippen molar-refractivity contribution in [2.45, 2.75) is 45.7 Å². The van der Waals surface area contributed by atoms with E-state index in [1.54, 1.807) is 6.92 Å². The van der Waals surface area contributed by atoms with Gasteiger partial charge >= 0.3 is 5.97 Å². The molecule has 3 N–H and O–H groups in total. The zero-order chi connectivity index (χ0) is 24.5. The molecule has 184 valence electrons. The highest BCUT2D eigenvalue weighted by atomic mass is 35.5. The maximum atomic E-state index is 12.7. The van der Waals surface area contributed by atoms with E-state index in [0.29, 0.717) is 37.1 Å². The Morgan fingerprint density at radius 3 is 2.48 bits per heavy atom. The van der Waals surface area contributed by atoms with E-state index in [0.717, 1.165) is 16.7 Å². The van der Waals surface area contributed by atoms with Crippen molar-refractivity contribution < 1.29 is 14.3 Å². The Kier molecular flexibility index (Phi) is 10.7. The smallest absolute Gasteiger partial charge is 0.328 e. The van der Waals surface area contributed by atoms with Crippen molar-refractivity contribution in [3.63, 3.8) is 0 Å². The van der Waals surface area contributed by atoms with Gasteiger partial charge in [0, 0.05) is 44.0 Å². The van der Waals surface area contributed by atoms with E-state index < -0.39 is 24.0 Å². The summed E-state index contributed by atoms with van der Waals surface area (Å²) < 4.78 is 7.02. The molecule has 2 atom stereocenters. The number of imidazole rings is 1. The molecule has 1 aromatic heterocycles. The Morgan fingerprint density at radius 1 is 1.24 bits per heavy atom. The molecule has 33 heavy (non-hydrogen) atoms. The lowest BCUT2D eigenvalue weighted by Gasteiger charge is -2.22. The van der Waals surface area contributed by atoms with Crippen molar-refractivity contribution in [1.82, 2.24) is 14.9 Å². The number of rotatable bonds is 13. The number of amides is 1. The number of ether oxygens (including phenoxy) is 1. The van der Waals surface area contributed by atoms with Gasteiger partial charge in [-0.25, -0.2) is 9.78 Å². The van der Waals surface area contributed by atoms with Gasteiger partial charge in [0.15, 0.2) is 0 Å². The fraction of sp³-hybridized carbons (Fsp3) is 0.609. The summed E-state index contributed by atoms with van der Waals surface area (Å²) in [5, 5.41) is 2.75. The van der Waals surface area contributed by atoms with Gasteiger partial charge in [-0.2, -0.15) is 0 Å². The monoisotopic (exact) mass is 499 g/mol. The fourth-order valence-corrected chi connectivity index (χ4v) is 4.10. The highest BCUT2D eigenvalue weighted by Gasteiger charge is 2.26. The molecule has 0 bridgehead atoms. The van der Waals surface area contributed by atoms with E-state index in [9.17, 15) is 9.59 Å². The number of alkyl halides is 2. The van der Waals surface area contributed by atoms with Gasteiger partial charge in [0.25, 0.3) is 0 Å². The Bertz CT molecular complexity index is 928. The van der Waals surface area contributed by atoms with Gasteiger partial charge in [-0.15, -0.1) is 23.2 Å². The van der Waals surface area contributed by atoms with Gasteiger partial charge in [-0.05, 0) is 37.5 Å². The molecule has 2 unspecified atom stereocenters. The molecular weight excluding hydrogens is 465 g/mol. The van der Waals surface area contributed by atoms with Crippen LogP contribution in [-0.4, -0.2) is 65.0 Å². The minimum Gasteiger partial charge on any atom is -0.464 e. The lowest BCUT2D eigenvalue weighted by Crippen LogP contribution is -2.50. The standard InChI is InChI=1S/C23H35Cl2N5O3/c1-5-33-23(32)19(12-15(2)3)28-22(31)17(26)14-21-27-18-13-16(6-7-20(18)29(21)4)30(10-8-24)11-9-25/h6-7,13,15,17,19H,5,8-12,14,26H2,1-4H3,(H,28,31). The van der Waals surface area contributed by atoms with Crippen LogP contribution < -0.4 is 16.0 Å². The second-order valence-corrected chi connectivity index (χ2v) is 9.13. The number of aromatic nitrogens is 2. The first-order valence-electron chi connectivity index (χ1n) is 11.3. The largest absolute Gasteiger partial charge is 0.464 e. The highest BCUT2D eigenvalue weighted by molar-refractivity contribution is 6.18. The second kappa shape index (κ2) is 13.0. The van der Waals surface area contributed by atoms with Crippen LogP contribution >= 0.6 is 23.2 Å². The van der Waals surface area contributed by atoms with Crippen LogP contribution in [0, 0.1) is 5.92 Å². The maximum absolute atomic E-state index is 12.7. The van der Waals surface area contributed by atoms with Crippen LogP contribution in [0.2, 0.25) is 0 Å². The predicted molar refractivity (Wildman–Crippen MR) is 134 cm³/mol. The third-order valence-corrected chi connectivity index (χ3v) is 5.70. The number of carbonyl (C=O) groups is 2. The molecule has 8 nitrogen and oxygen atoms in total. The number of hydrogen-bond donors (Lipinski definition) is 2. The molecule has 2 rings (SSSR count). The third-order valence-electron chi connectivity index (χ3n) is 5.37. The molecule has 1 heterocycles. The molecule has 10 heteroatoms. The number of nitrogens with one attached hydrogen (secondary N) is 1. The van der Waals surface area contributed by atoms with Gasteiger partial charge in [-0.1, -0.05) is 13.8 Å². The normalized spacial score (nSPS) is 13.2. The summed E-state index contributed by atoms with van der Waals surface area (Å²) >= 11 is 11.9. The minimum absolute atomic E-state index is 0.210. The van der Waals surface area contributed by atoms with Crippen LogP contribution in [-0.2, 0) is 27.8 Å². The number of aryl methyl sites for hydroxylation is 1. The molecule has 0 fully saturated rings. The van der Waals surface area contributed by atoms with Crippen molar-refractivity contribution in [2.24, 2.45) is 18.7 Å². The topological polar surface area (TPSA) is 102 Å². The number of fused-ring (bicyclic) bond motifs is 1. The zero-order valence-electron chi connectivity index (χ0n) is 19.8. The number of halogens is 2. The first-order chi connectivity index (χ1) is 15.7. The average molecular weight is 500 g/mol. The Hall–Kier alpha value is -2.03. The van der Waals surface area contributed by atoms with Crippen LogP contribution in [0.3, 0.4) is 0 Å². The summed E-state index contributed by atoms with van der Waals surface area (Å²) in [6.07, 6.45) is 0.712. The van der Waals surface area contributed by atoms with E-state index in [1.165, 1.54) is 0 Å². The van der Waals surface area contributed by atoms with Crippen molar-refractivity contribution in [2.75, 3.05) is 36.4 Å². The number of esters is 1. The van der Waals surface area contributed by atoms with Gasteiger partial charge in [0.05, 0.1) is 23.7 Å². The lowest BCUT2D eigenvalue weighted by molar-refractivity contribution is -0.148. The first kappa shape index (κ1) is 27.2. The second-order valence-electron chi connectivity index (χ2n) is 8.38. The van der Waals surface area contributed by atoms with Crippen molar-refractivity contribution in [3.05, 3.63) is 24.0 Å². The summed E-state index contributed by atoms with van der Waals surface area (Å²) in [7, 11) is 1.89. The van der Waals surface area contributed by atoms with Crippen LogP contribution in [0.1, 0.15) is 33.0 Å². The van der Waals surface area contributed by atoms with Gasteiger partial charge < -0.3 is 25.3 Å². The molecule has 0 saturated heterocycles. The number of benzene rings is 1. The van der Waals surface area contributed by atoms with E-state index in [2.05, 4.69) is 10.2 Å². The lowest BCUT2D eigenvalue weighted by atomic mass is 10.0. The molecule has 1 aromatic carbocycles. The molecule has 0 spiro atoms. The number of anilines is 1. The van der Waals surface area contributed by atoms with Crippen molar-refractivity contribution in [1.29, 1.82) is 0 Å². The molecule has 0 aliphatic rings. The van der Waals surface area contributed by atoms with Crippen LogP contribution in [0.15, 0.2) is 18.2 Å². The van der Waals surface area contributed by atoms with Gasteiger partial charge in [0.1, 0.15) is 11.9 Å². The number of nitrogens with two attached hydrogens (primary N) is 1. The Labute approximate surface area is 205 Å². The summed E-state index contributed by atoms with van der Waals surface area (Å²) in [4.78, 5) is 31.8. The summed E-state index contributed by atoms with van der Waals surface area (Å²) in [6, 6.07) is 4.41. The predicted octanol–water partition coefficient (Wildman–Crippen LogP) is 2.82. The van der Waals surface area contributed by atoms with E-state index in [-0.39, 0.29) is 18.9 Å². The van der Waals surface area contributed by atoms with Gasteiger partial charge in [-0.3, -0.25) is 4.79 Å². The number of nitrogens with zero attached hydrogens (tertiary/aromatic N) is 3. The molecule has 1 amide bonds. The number of hydrogen-bond acceptors (Lipinski definition) is 6. The zero-order valence-corrected chi connectivity index (χ0v) is 21.3. The average Bonchev–Trinajstić information content (AvgIpc) is 3.07. The molecule has 0 saturated carbocycles. The molecule has 0 radical (unpaired) electrons. The summed E-state index contributed by atoms with van der Waals surface area (Å²) in [5.41, 5.74) is 8.92. The number of carbonyl (C=O) groups excluding carboxylic acids is 2. The van der Waals surface area contributed by atoms with E-state index >= 15 is 0 Å². The first-order valence-corrected chi connectivity index (χ1v) is 12.3. The van der Waals surface area contributed by atoms with Crippen molar-refractivity contribution in [3.8, 4) is 0 Å².